The molecule has 0 radical (unpaired) electrons. The molecule has 3 saturated heterocycles. The van der Waals surface area contributed by atoms with Crippen LogP contribution in [0, 0.1) is 0 Å². The van der Waals surface area contributed by atoms with Crippen LogP contribution in [0.3, 0.4) is 0 Å². The fourth-order valence-corrected chi connectivity index (χ4v) is 3.77. The number of piperidine rings is 1. The lowest BCUT2D eigenvalue weighted by Crippen LogP contribution is -2.38. The number of rotatable bonds is 2. The van der Waals surface area contributed by atoms with Crippen LogP contribution in [0.4, 0.5) is 6.01 Å². The summed E-state index contributed by atoms with van der Waals surface area (Å²) in [5, 5.41) is 9.67. The predicted octanol–water partition coefficient (Wildman–Crippen LogP) is 2.57. The van der Waals surface area contributed by atoms with Gasteiger partial charge in [0.25, 0.3) is 5.89 Å². The van der Waals surface area contributed by atoms with E-state index in [0.717, 1.165) is 29.6 Å². The zero-order chi connectivity index (χ0) is 15.9. The molecule has 2 bridgehead atoms. The summed E-state index contributed by atoms with van der Waals surface area (Å²) in [6, 6.07) is 11.3. The molecule has 0 aliphatic carbocycles. The van der Waals surface area contributed by atoms with Gasteiger partial charge in [0.1, 0.15) is 0 Å². The number of aromatic nitrogens is 3. The van der Waals surface area contributed by atoms with Gasteiger partial charge in [0.15, 0.2) is 0 Å². The maximum atomic E-state index is 6.01. The van der Waals surface area contributed by atoms with Crippen LogP contribution in [0.5, 0.6) is 0 Å². The van der Waals surface area contributed by atoms with Gasteiger partial charge in [0, 0.05) is 43.8 Å². The van der Waals surface area contributed by atoms with Crippen LogP contribution in [-0.4, -0.2) is 52.3 Å². The largest absolute Gasteiger partial charge is 0.403 e. The maximum Gasteiger partial charge on any atom is 0.318 e. The Balaban J connectivity index is 1.47. The van der Waals surface area contributed by atoms with E-state index in [2.05, 4.69) is 31.0 Å². The van der Waals surface area contributed by atoms with Gasteiger partial charge in [-0.3, -0.25) is 4.98 Å². The average molecular weight is 321 g/mol. The molecule has 0 atom stereocenters. The summed E-state index contributed by atoms with van der Waals surface area (Å²) in [7, 11) is 0. The van der Waals surface area contributed by atoms with E-state index in [0.29, 0.717) is 17.9 Å². The Morgan fingerprint density at radius 2 is 1.88 bits per heavy atom. The summed E-state index contributed by atoms with van der Waals surface area (Å²) in [5.74, 6) is 0.544. The van der Waals surface area contributed by atoms with Gasteiger partial charge in [-0.25, -0.2) is 0 Å². The van der Waals surface area contributed by atoms with Crippen molar-refractivity contribution in [3.63, 3.8) is 0 Å². The number of nitrogens with zero attached hydrogens (tertiary/aromatic N) is 5. The fourth-order valence-electron chi connectivity index (χ4n) is 3.77. The third kappa shape index (κ3) is 2.34. The Labute approximate surface area is 140 Å². The van der Waals surface area contributed by atoms with Gasteiger partial charge >= 0.3 is 6.01 Å². The lowest BCUT2D eigenvalue weighted by atomic mass is 10.1. The first kappa shape index (κ1) is 13.9. The van der Waals surface area contributed by atoms with E-state index >= 15 is 0 Å². The first-order valence-electron chi connectivity index (χ1n) is 8.54. The summed E-state index contributed by atoms with van der Waals surface area (Å²) in [6.07, 6.45) is 4.16. The molecule has 122 valence electrons. The summed E-state index contributed by atoms with van der Waals surface area (Å²) in [6.45, 7) is 4.39. The minimum absolute atomic E-state index is 0.520. The first-order chi connectivity index (χ1) is 11.9. The molecule has 5 heterocycles. The Kier molecular flexibility index (Phi) is 3.23. The first-order valence-corrected chi connectivity index (χ1v) is 8.54. The Hall–Kier alpha value is -2.47. The normalized spacial score (nSPS) is 23.6. The third-order valence-corrected chi connectivity index (χ3v) is 5.15. The molecule has 2 aromatic heterocycles. The summed E-state index contributed by atoms with van der Waals surface area (Å²) < 4.78 is 6.01. The van der Waals surface area contributed by atoms with E-state index in [1.165, 1.54) is 25.9 Å². The van der Waals surface area contributed by atoms with E-state index < -0.39 is 0 Å². The molecular weight excluding hydrogens is 302 g/mol. The van der Waals surface area contributed by atoms with Gasteiger partial charge in [-0.15, -0.1) is 5.10 Å². The molecule has 0 N–H and O–H groups in total. The summed E-state index contributed by atoms with van der Waals surface area (Å²) in [4.78, 5) is 9.29. The van der Waals surface area contributed by atoms with E-state index in [4.69, 9.17) is 4.42 Å². The average Bonchev–Trinajstić information content (AvgIpc) is 2.94. The number of hydrogen-bond donors (Lipinski definition) is 0. The number of benzene rings is 1. The Bertz CT molecular complexity index is 868. The van der Waals surface area contributed by atoms with Crippen LogP contribution in [-0.2, 0) is 0 Å². The molecular formula is C18H19N5O. The monoisotopic (exact) mass is 321 g/mol. The highest BCUT2D eigenvalue weighted by Crippen LogP contribution is 2.29. The fraction of sp³-hybridized carbons (Fsp3) is 0.389. The van der Waals surface area contributed by atoms with Crippen LogP contribution < -0.4 is 4.90 Å². The summed E-state index contributed by atoms with van der Waals surface area (Å²) >= 11 is 0. The molecule has 3 fully saturated rings. The maximum absolute atomic E-state index is 6.01. The van der Waals surface area contributed by atoms with Crippen LogP contribution in [0.1, 0.15) is 12.8 Å². The third-order valence-electron chi connectivity index (χ3n) is 5.15. The van der Waals surface area contributed by atoms with Gasteiger partial charge in [0.05, 0.1) is 11.1 Å². The van der Waals surface area contributed by atoms with Crippen molar-refractivity contribution in [2.24, 2.45) is 0 Å². The molecule has 1 aromatic carbocycles. The lowest BCUT2D eigenvalue weighted by Gasteiger charge is -2.29. The van der Waals surface area contributed by atoms with Crippen molar-refractivity contribution in [2.45, 2.75) is 18.9 Å². The van der Waals surface area contributed by atoms with Gasteiger partial charge in [0.2, 0.25) is 0 Å². The number of pyridine rings is 1. The van der Waals surface area contributed by atoms with Crippen molar-refractivity contribution >= 4 is 16.9 Å². The molecule has 3 aliphatic rings. The minimum atomic E-state index is 0.520. The SMILES string of the molecule is c1ccc2ncc(-c3nnc(N4CCN5CCC4CC5)o3)cc2c1. The molecule has 6 rings (SSSR count). The quantitative estimate of drug-likeness (QED) is 0.723. The zero-order valence-electron chi connectivity index (χ0n) is 13.4. The van der Waals surface area contributed by atoms with E-state index in [1.54, 1.807) is 6.20 Å². The highest BCUT2D eigenvalue weighted by Gasteiger charge is 2.31. The number of hydrogen-bond acceptors (Lipinski definition) is 6. The van der Waals surface area contributed by atoms with Gasteiger partial charge in [-0.2, -0.15) is 0 Å². The topological polar surface area (TPSA) is 58.3 Å². The van der Waals surface area contributed by atoms with Crippen LogP contribution in [0.25, 0.3) is 22.4 Å². The van der Waals surface area contributed by atoms with Crippen molar-refractivity contribution < 1.29 is 4.42 Å². The van der Waals surface area contributed by atoms with Crippen molar-refractivity contribution in [2.75, 3.05) is 31.1 Å². The molecule has 6 heteroatoms. The number of anilines is 1. The second kappa shape index (κ2) is 5.56. The lowest BCUT2D eigenvalue weighted by molar-refractivity contribution is 0.249. The Morgan fingerprint density at radius 1 is 1.00 bits per heavy atom. The van der Waals surface area contributed by atoms with Crippen molar-refractivity contribution in [1.29, 1.82) is 0 Å². The smallest absolute Gasteiger partial charge is 0.318 e. The van der Waals surface area contributed by atoms with Gasteiger partial charge in [-0.05, 0) is 25.0 Å². The predicted molar refractivity (Wildman–Crippen MR) is 91.8 cm³/mol. The zero-order valence-corrected chi connectivity index (χ0v) is 13.4. The number of para-hydroxylation sites is 1. The molecule has 0 amide bonds. The van der Waals surface area contributed by atoms with E-state index in [9.17, 15) is 0 Å². The highest BCUT2D eigenvalue weighted by molar-refractivity contribution is 5.82. The van der Waals surface area contributed by atoms with Crippen molar-refractivity contribution in [3.8, 4) is 11.5 Å². The highest BCUT2D eigenvalue weighted by atomic mass is 16.4. The second-order valence-corrected chi connectivity index (χ2v) is 6.57. The Morgan fingerprint density at radius 3 is 2.79 bits per heavy atom. The van der Waals surface area contributed by atoms with Gasteiger partial charge < -0.3 is 14.2 Å². The molecule has 0 spiro atoms. The van der Waals surface area contributed by atoms with E-state index in [-0.39, 0.29) is 0 Å². The molecule has 3 aromatic rings. The standard InChI is InChI=1S/C18H19N5O/c1-2-4-16-13(3-1)11-14(12-19-16)17-20-21-18(24-17)23-10-9-22-7-5-15(23)6-8-22/h1-4,11-12,15H,5-10H2. The minimum Gasteiger partial charge on any atom is -0.403 e. The van der Waals surface area contributed by atoms with Crippen molar-refractivity contribution in [3.05, 3.63) is 36.5 Å². The molecule has 3 aliphatic heterocycles. The van der Waals surface area contributed by atoms with Crippen LogP contribution >= 0.6 is 0 Å². The second-order valence-electron chi connectivity index (χ2n) is 6.57. The number of fused-ring (bicyclic) bond motifs is 5. The van der Waals surface area contributed by atoms with Crippen LogP contribution in [0.2, 0.25) is 0 Å². The molecule has 6 nitrogen and oxygen atoms in total. The van der Waals surface area contributed by atoms with E-state index in [1.807, 2.05) is 24.3 Å². The van der Waals surface area contributed by atoms with Crippen LogP contribution in [0.15, 0.2) is 40.9 Å². The molecule has 0 unspecified atom stereocenters. The summed E-state index contributed by atoms with van der Waals surface area (Å²) in [5.41, 5.74) is 1.84. The molecule has 0 saturated carbocycles. The van der Waals surface area contributed by atoms with Crippen molar-refractivity contribution in [1.82, 2.24) is 20.1 Å². The molecule has 24 heavy (non-hydrogen) atoms. The van der Waals surface area contributed by atoms with Gasteiger partial charge in [-0.1, -0.05) is 23.3 Å².